The third-order valence-corrected chi connectivity index (χ3v) is 5.01. The molecule has 132 valence electrons. The second-order valence-corrected chi connectivity index (χ2v) is 7.16. The largest absolute Gasteiger partial charge is 0.339 e. The Kier molecular flexibility index (Phi) is 5.74. The highest BCUT2D eigenvalue weighted by Crippen LogP contribution is 2.28. The van der Waals surface area contributed by atoms with Crippen LogP contribution < -0.4 is 16.2 Å². The summed E-state index contributed by atoms with van der Waals surface area (Å²) in [6.45, 7) is 4.17. The molecule has 4 unspecified atom stereocenters. The van der Waals surface area contributed by atoms with Crippen molar-refractivity contribution >= 4 is 17.5 Å². The number of carbonyl (C=O) groups excluding carboxylic acids is 1. The summed E-state index contributed by atoms with van der Waals surface area (Å²) in [7, 11) is 0. The third-order valence-electron chi connectivity index (χ3n) is 4.77. The summed E-state index contributed by atoms with van der Waals surface area (Å²) in [5.41, 5.74) is 8.70. The standard InChI is InChI=1S/C20H24ClN3O/c1-13(15-7-4-3-5-8-15)11-18(25)22-20-19(14(2)23-24-20)16-9-6-10-17(21)12-16/h3-10,12-14,19-20,23-24H,11H2,1-2H3,(H,22,25). The van der Waals surface area contributed by atoms with E-state index in [1.54, 1.807) is 0 Å². The van der Waals surface area contributed by atoms with E-state index in [1.807, 2.05) is 42.5 Å². The molecule has 1 fully saturated rings. The quantitative estimate of drug-likeness (QED) is 0.767. The van der Waals surface area contributed by atoms with Crippen LogP contribution in [-0.4, -0.2) is 18.1 Å². The van der Waals surface area contributed by atoms with E-state index in [1.165, 1.54) is 5.56 Å². The first-order valence-corrected chi connectivity index (χ1v) is 9.03. The molecule has 1 amide bonds. The molecule has 1 aliphatic heterocycles. The van der Waals surface area contributed by atoms with Crippen LogP contribution in [0, 0.1) is 0 Å². The number of benzene rings is 2. The number of hydrogen-bond acceptors (Lipinski definition) is 3. The number of nitrogens with one attached hydrogen (secondary N) is 3. The van der Waals surface area contributed by atoms with Gasteiger partial charge >= 0.3 is 0 Å². The topological polar surface area (TPSA) is 53.2 Å². The molecule has 0 aromatic heterocycles. The van der Waals surface area contributed by atoms with Crippen molar-refractivity contribution in [3.63, 3.8) is 0 Å². The zero-order valence-electron chi connectivity index (χ0n) is 14.5. The molecule has 0 aliphatic carbocycles. The molecule has 3 rings (SSSR count). The molecule has 0 radical (unpaired) electrons. The minimum Gasteiger partial charge on any atom is -0.339 e. The van der Waals surface area contributed by atoms with Crippen LogP contribution >= 0.6 is 11.6 Å². The predicted molar refractivity (Wildman–Crippen MR) is 101 cm³/mol. The Hall–Kier alpha value is -1.88. The van der Waals surface area contributed by atoms with Crippen LogP contribution in [0.2, 0.25) is 5.02 Å². The van der Waals surface area contributed by atoms with Gasteiger partial charge in [0.15, 0.2) is 0 Å². The second-order valence-electron chi connectivity index (χ2n) is 6.72. The van der Waals surface area contributed by atoms with Gasteiger partial charge in [-0.15, -0.1) is 0 Å². The molecular formula is C20H24ClN3O. The molecule has 0 spiro atoms. The molecule has 4 atom stereocenters. The Morgan fingerprint density at radius 3 is 2.64 bits per heavy atom. The molecule has 1 saturated heterocycles. The fraction of sp³-hybridized carbons (Fsp3) is 0.350. The van der Waals surface area contributed by atoms with Gasteiger partial charge < -0.3 is 5.32 Å². The summed E-state index contributed by atoms with van der Waals surface area (Å²) in [6.07, 6.45) is 0.294. The number of rotatable bonds is 5. The zero-order valence-corrected chi connectivity index (χ0v) is 15.3. The van der Waals surface area contributed by atoms with Gasteiger partial charge in [0.2, 0.25) is 5.91 Å². The van der Waals surface area contributed by atoms with Crippen molar-refractivity contribution in [3.05, 3.63) is 70.7 Å². The van der Waals surface area contributed by atoms with Crippen LogP contribution in [0.15, 0.2) is 54.6 Å². The Balaban J connectivity index is 1.65. The molecular weight excluding hydrogens is 334 g/mol. The summed E-state index contributed by atoms with van der Waals surface area (Å²) in [5.74, 6) is 0.337. The number of hydrogen-bond donors (Lipinski definition) is 3. The molecule has 4 nitrogen and oxygen atoms in total. The number of halogens is 1. The van der Waals surface area contributed by atoms with Crippen LogP contribution in [0.4, 0.5) is 0 Å². The normalized spacial score (nSPS) is 24.0. The van der Waals surface area contributed by atoms with E-state index in [0.717, 1.165) is 5.56 Å². The van der Waals surface area contributed by atoms with Gasteiger partial charge in [0, 0.05) is 23.4 Å². The SMILES string of the molecule is CC(CC(=O)NC1NNC(C)C1c1cccc(Cl)c1)c1ccccc1. The first kappa shape index (κ1) is 17.9. The lowest BCUT2D eigenvalue weighted by Crippen LogP contribution is -2.46. The van der Waals surface area contributed by atoms with Gasteiger partial charge in [-0.05, 0) is 36.1 Å². The van der Waals surface area contributed by atoms with E-state index in [-0.39, 0.29) is 30.0 Å². The van der Waals surface area contributed by atoms with E-state index >= 15 is 0 Å². The molecule has 0 bridgehead atoms. The minimum absolute atomic E-state index is 0.0387. The monoisotopic (exact) mass is 357 g/mol. The zero-order chi connectivity index (χ0) is 17.8. The van der Waals surface area contributed by atoms with Crippen molar-refractivity contribution in [3.8, 4) is 0 Å². The van der Waals surface area contributed by atoms with Crippen LogP contribution in [0.3, 0.4) is 0 Å². The maximum Gasteiger partial charge on any atom is 0.221 e. The Bertz CT molecular complexity index is 722. The third kappa shape index (κ3) is 4.40. The summed E-state index contributed by atoms with van der Waals surface area (Å²) < 4.78 is 0. The molecule has 3 N–H and O–H groups in total. The van der Waals surface area contributed by atoms with Crippen LogP contribution in [0.25, 0.3) is 0 Å². The highest BCUT2D eigenvalue weighted by Gasteiger charge is 2.35. The lowest BCUT2D eigenvalue weighted by Gasteiger charge is -2.23. The molecule has 2 aromatic carbocycles. The molecule has 1 aliphatic rings. The van der Waals surface area contributed by atoms with Crippen LogP contribution in [0.5, 0.6) is 0 Å². The van der Waals surface area contributed by atoms with E-state index in [9.17, 15) is 4.79 Å². The number of amides is 1. The van der Waals surface area contributed by atoms with Gasteiger partial charge in [0.1, 0.15) is 6.17 Å². The van der Waals surface area contributed by atoms with Gasteiger partial charge in [0.25, 0.3) is 0 Å². The Morgan fingerprint density at radius 1 is 1.16 bits per heavy atom. The first-order valence-electron chi connectivity index (χ1n) is 8.65. The van der Waals surface area contributed by atoms with Crippen molar-refractivity contribution in [1.29, 1.82) is 0 Å². The van der Waals surface area contributed by atoms with Crippen molar-refractivity contribution in [2.45, 2.75) is 44.3 Å². The van der Waals surface area contributed by atoms with E-state index in [0.29, 0.717) is 11.4 Å². The summed E-state index contributed by atoms with van der Waals surface area (Å²) in [6, 6.07) is 18.1. The van der Waals surface area contributed by atoms with Gasteiger partial charge in [-0.3, -0.25) is 10.2 Å². The van der Waals surface area contributed by atoms with Crippen molar-refractivity contribution in [1.82, 2.24) is 16.2 Å². The van der Waals surface area contributed by atoms with Crippen molar-refractivity contribution in [2.75, 3.05) is 0 Å². The summed E-state index contributed by atoms with van der Waals surface area (Å²) >= 11 is 6.13. The van der Waals surface area contributed by atoms with Crippen LogP contribution in [0.1, 0.15) is 43.2 Å². The summed E-state index contributed by atoms with van der Waals surface area (Å²) in [5, 5.41) is 3.83. The predicted octanol–water partition coefficient (Wildman–Crippen LogP) is 3.56. The smallest absolute Gasteiger partial charge is 0.221 e. The Morgan fingerprint density at radius 2 is 1.92 bits per heavy atom. The van der Waals surface area contributed by atoms with Gasteiger partial charge in [-0.1, -0.05) is 61.0 Å². The van der Waals surface area contributed by atoms with E-state index < -0.39 is 0 Å². The van der Waals surface area contributed by atoms with Gasteiger partial charge in [-0.2, -0.15) is 0 Å². The molecule has 5 heteroatoms. The fourth-order valence-electron chi connectivity index (χ4n) is 3.42. The van der Waals surface area contributed by atoms with Crippen molar-refractivity contribution in [2.24, 2.45) is 0 Å². The van der Waals surface area contributed by atoms with E-state index in [4.69, 9.17) is 11.6 Å². The highest BCUT2D eigenvalue weighted by molar-refractivity contribution is 6.30. The minimum atomic E-state index is -0.163. The maximum atomic E-state index is 12.5. The lowest BCUT2D eigenvalue weighted by atomic mass is 9.91. The Labute approximate surface area is 153 Å². The van der Waals surface area contributed by atoms with Crippen molar-refractivity contribution < 1.29 is 4.79 Å². The lowest BCUT2D eigenvalue weighted by molar-refractivity contribution is -0.122. The number of carbonyl (C=O) groups is 1. The average Bonchev–Trinajstić information content (AvgIpc) is 2.95. The molecule has 2 aromatic rings. The van der Waals surface area contributed by atoms with Gasteiger partial charge in [-0.25, -0.2) is 5.43 Å². The van der Waals surface area contributed by atoms with E-state index in [2.05, 4.69) is 42.1 Å². The van der Waals surface area contributed by atoms with Gasteiger partial charge in [0.05, 0.1) is 0 Å². The molecule has 25 heavy (non-hydrogen) atoms. The maximum absolute atomic E-state index is 12.5. The average molecular weight is 358 g/mol. The fourth-order valence-corrected chi connectivity index (χ4v) is 3.62. The number of hydrazine groups is 1. The summed E-state index contributed by atoms with van der Waals surface area (Å²) in [4.78, 5) is 12.5. The first-order chi connectivity index (χ1) is 12.0. The molecule has 0 saturated carbocycles. The second kappa shape index (κ2) is 8.00. The van der Waals surface area contributed by atoms with Crippen LogP contribution in [-0.2, 0) is 4.79 Å². The highest BCUT2D eigenvalue weighted by atomic mass is 35.5. The molecule has 1 heterocycles.